The average molecular weight is 481 g/mol. The number of rotatable bonds is 6. The van der Waals surface area contributed by atoms with Crippen LogP contribution in [0.15, 0.2) is 42.5 Å². The number of ether oxygens (including phenoxy) is 1. The van der Waals surface area contributed by atoms with Crippen LogP contribution in [0.25, 0.3) is 11.1 Å². The van der Waals surface area contributed by atoms with E-state index < -0.39 is 11.9 Å². The Balaban J connectivity index is 0.000000371. The monoisotopic (exact) mass is 480 g/mol. The molecular formula is C28H36N2O5. The second kappa shape index (κ2) is 12.4. The van der Waals surface area contributed by atoms with E-state index in [4.69, 9.17) is 14.9 Å². The molecule has 7 nitrogen and oxygen atoms in total. The zero-order valence-electron chi connectivity index (χ0n) is 20.8. The van der Waals surface area contributed by atoms with Gasteiger partial charge in [-0.2, -0.15) is 0 Å². The lowest BCUT2D eigenvalue weighted by Crippen LogP contribution is -2.33. The zero-order valence-corrected chi connectivity index (χ0v) is 20.8. The molecule has 0 fully saturated rings. The van der Waals surface area contributed by atoms with Gasteiger partial charge in [0.05, 0.1) is 7.11 Å². The standard InChI is InChI=1S/C24H32N2O.C4H4O4/c1-17(2)16-26-13-5-7-20-14-18-9-11-25-12-10-22(18)23(24(20)26)19-6-4-8-21(15-19)27-3;5-3(6)1-2-4(7)8/h4,6,8,14-15,17,25H,5,7,9-13,16H2,1-3H3;1-2H,(H,5,6)(H,7,8)/b;2-1+. The fourth-order valence-electron chi connectivity index (χ4n) is 4.88. The maximum Gasteiger partial charge on any atom is 0.328 e. The van der Waals surface area contributed by atoms with E-state index in [0.717, 1.165) is 38.2 Å². The number of aliphatic carboxylic acids is 2. The molecule has 2 aliphatic rings. The number of fused-ring (bicyclic) bond motifs is 2. The van der Waals surface area contributed by atoms with Crippen LogP contribution in [0, 0.1) is 5.92 Å². The Bertz CT molecular complexity index is 1060. The summed E-state index contributed by atoms with van der Waals surface area (Å²) in [6.07, 6.45) is 5.80. The van der Waals surface area contributed by atoms with Crippen molar-refractivity contribution in [2.75, 3.05) is 38.2 Å². The van der Waals surface area contributed by atoms with Crippen molar-refractivity contribution in [3.8, 4) is 16.9 Å². The van der Waals surface area contributed by atoms with Gasteiger partial charge in [-0.15, -0.1) is 0 Å². The van der Waals surface area contributed by atoms with Crippen molar-refractivity contribution in [3.05, 3.63) is 59.2 Å². The maximum absolute atomic E-state index is 9.55. The fraction of sp³-hybridized carbons (Fsp3) is 0.429. The number of methoxy groups -OCH3 is 1. The van der Waals surface area contributed by atoms with Gasteiger partial charge < -0.3 is 25.2 Å². The smallest absolute Gasteiger partial charge is 0.328 e. The summed E-state index contributed by atoms with van der Waals surface area (Å²) in [7, 11) is 1.76. The maximum atomic E-state index is 9.55. The third-order valence-electron chi connectivity index (χ3n) is 6.20. The number of carbonyl (C=O) groups is 2. The lowest BCUT2D eigenvalue weighted by atomic mass is 9.85. The van der Waals surface area contributed by atoms with E-state index in [1.807, 2.05) is 6.07 Å². The van der Waals surface area contributed by atoms with Crippen LogP contribution in [0.4, 0.5) is 5.69 Å². The van der Waals surface area contributed by atoms with Crippen LogP contribution in [0.1, 0.15) is 37.0 Å². The number of hydrogen-bond donors (Lipinski definition) is 3. The lowest BCUT2D eigenvalue weighted by Gasteiger charge is -2.36. The summed E-state index contributed by atoms with van der Waals surface area (Å²) in [5.74, 6) is -0.911. The van der Waals surface area contributed by atoms with Crippen molar-refractivity contribution < 1.29 is 24.5 Å². The van der Waals surface area contributed by atoms with Gasteiger partial charge in [-0.1, -0.05) is 32.0 Å². The van der Waals surface area contributed by atoms with Gasteiger partial charge in [0.1, 0.15) is 5.75 Å². The van der Waals surface area contributed by atoms with Gasteiger partial charge in [0.15, 0.2) is 0 Å². The van der Waals surface area contributed by atoms with Crippen molar-refractivity contribution in [1.82, 2.24) is 5.32 Å². The van der Waals surface area contributed by atoms with Gasteiger partial charge in [0, 0.05) is 36.5 Å². The second-order valence-corrected chi connectivity index (χ2v) is 9.33. The minimum absolute atomic E-state index is 0.558. The number of anilines is 1. The minimum atomic E-state index is -1.26. The largest absolute Gasteiger partial charge is 0.497 e. The molecule has 0 unspecified atom stereocenters. The summed E-state index contributed by atoms with van der Waals surface area (Å²) < 4.78 is 5.55. The van der Waals surface area contributed by atoms with Crippen LogP contribution < -0.4 is 15.0 Å². The molecule has 0 saturated carbocycles. The van der Waals surface area contributed by atoms with Gasteiger partial charge in [-0.3, -0.25) is 0 Å². The molecule has 2 aromatic carbocycles. The van der Waals surface area contributed by atoms with Gasteiger partial charge in [-0.25, -0.2) is 9.59 Å². The Morgan fingerprint density at radius 2 is 1.77 bits per heavy atom. The molecule has 0 atom stereocenters. The summed E-state index contributed by atoms with van der Waals surface area (Å²) in [4.78, 5) is 21.8. The third-order valence-corrected chi connectivity index (χ3v) is 6.20. The molecule has 2 aromatic rings. The van der Waals surface area contributed by atoms with Gasteiger partial charge in [-0.05, 0) is 79.1 Å². The van der Waals surface area contributed by atoms with Crippen LogP contribution in [0.5, 0.6) is 5.75 Å². The number of hydrogen-bond acceptors (Lipinski definition) is 5. The number of aryl methyl sites for hydroxylation is 1. The van der Waals surface area contributed by atoms with Crippen LogP contribution in [0.2, 0.25) is 0 Å². The molecule has 0 amide bonds. The summed E-state index contributed by atoms with van der Waals surface area (Å²) >= 11 is 0. The van der Waals surface area contributed by atoms with Crippen LogP contribution in [0.3, 0.4) is 0 Å². The van der Waals surface area contributed by atoms with Crippen LogP contribution in [-0.2, 0) is 28.9 Å². The van der Waals surface area contributed by atoms with E-state index in [2.05, 4.69) is 48.3 Å². The second-order valence-electron chi connectivity index (χ2n) is 9.33. The molecule has 188 valence electrons. The van der Waals surface area contributed by atoms with Crippen LogP contribution in [-0.4, -0.2) is 55.4 Å². The first-order valence-electron chi connectivity index (χ1n) is 12.2. The van der Waals surface area contributed by atoms with Crippen molar-refractivity contribution in [1.29, 1.82) is 0 Å². The number of carboxylic acids is 2. The molecule has 0 aromatic heterocycles. The summed E-state index contributed by atoms with van der Waals surface area (Å²) in [5, 5.41) is 19.2. The highest BCUT2D eigenvalue weighted by molar-refractivity contribution is 5.89. The minimum Gasteiger partial charge on any atom is -0.497 e. The highest BCUT2D eigenvalue weighted by atomic mass is 16.5. The molecule has 0 spiro atoms. The first-order valence-corrected chi connectivity index (χ1v) is 12.2. The molecule has 0 radical (unpaired) electrons. The Hall–Kier alpha value is -3.32. The van der Waals surface area contributed by atoms with Gasteiger partial charge in [0.25, 0.3) is 0 Å². The van der Waals surface area contributed by atoms with Crippen molar-refractivity contribution >= 4 is 17.6 Å². The Labute approximate surface area is 207 Å². The molecule has 7 heteroatoms. The summed E-state index contributed by atoms with van der Waals surface area (Å²) in [6, 6.07) is 11.2. The van der Waals surface area contributed by atoms with E-state index in [9.17, 15) is 9.59 Å². The number of nitrogens with zero attached hydrogens (tertiary/aromatic N) is 1. The van der Waals surface area contributed by atoms with E-state index in [-0.39, 0.29) is 0 Å². The van der Waals surface area contributed by atoms with E-state index in [0.29, 0.717) is 18.1 Å². The van der Waals surface area contributed by atoms with E-state index in [1.54, 1.807) is 23.8 Å². The molecule has 0 bridgehead atoms. The predicted molar refractivity (Wildman–Crippen MR) is 138 cm³/mol. The fourth-order valence-corrected chi connectivity index (χ4v) is 4.88. The van der Waals surface area contributed by atoms with E-state index in [1.165, 1.54) is 36.2 Å². The quantitative estimate of drug-likeness (QED) is 0.534. The van der Waals surface area contributed by atoms with Crippen molar-refractivity contribution in [2.45, 2.75) is 39.5 Å². The molecule has 3 N–H and O–H groups in total. The SMILES string of the molecule is COc1cccc(-c2c3c(cc4c2N(CC(C)C)CCC4)CCNCC3)c1.O=C(O)/C=C/C(=O)O. The number of nitrogens with one attached hydrogen (secondary N) is 1. The first-order chi connectivity index (χ1) is 16.8. The zero-order chi connectivity index (χ0) is 25.4. The van der Waals surface area contributed by atoms with Crippen LogP contribution >= 0.6 is 0 Å². The topological polar surface area (TPSA) is 99.1 Å². The van der Waals surface area contributed by atoms with Crippen molar-refractivity contribution in [3.63, 3.8) is 0 Å². The molecular weight excluding hydrogens is 444 g/mol. The molecule has 0 aliphatic carbocycles. The number of carboxylic acid groups (broad SMARTS) is 2. The normalized spacial score (nSPS) is 15.0. The molecule has 2 aliphatic heterocycles. The highest BCUT2D eigenvalue weighted by Gasteiger charge is 2.27. The molecule has 4 rings (SSSR count). The molecule has 35 heavy (non-hydrogen) atoms. The summed E-state index contributed by atoms with van der Waals surface area (Å²) in [5.41, 5.74) is 8.89. The molecule has 0 saturated heterocycles. The van der Waals surface area contributed by atoms with E-state index >= 15 is 0 Å². The first kappa shape index (κ1) is 26.3. The average Bonchev–Trinajstić information content (AvgIpc) is 3.07. The number of benzene rings is 2. The Kier molecular flexibility index (Phi) is 9.32. The highest BCUT2D eigenvalue weighted by Crippen LogP contribution is 2.43. The van der Waals surface area contributed by atoms with Gasteiger partial charge >= 0.3 is 11.9 Å². The third kappa shape index (κ3) is 7.09. The van der Waals surface area contributed by atoms with Gasteiger partial charge in [0.2, 0.25) is 0 Å². The van der Waals surface area contributed by atoms with Crippen molar-refractivity contribution in [2.24, 2.45) is 5.92 Å². The lowest BCUT2D eigenvalue weighted by molar-refractivity contribution is -0.134. The molecule has 2 heterocycles. The Morgan fingerprint density at radius 3 is 2.43 bits per heavy atom. The summed E-state index contributed by atoms with van der Waals surface area (Å²) in [6.45, 7) is 9.09. The predicted octanol–water partition coefficient (Wildman–Crippen LogP) is 4.17. The Morgan fingerprint density at radius 1 is 1.06 bits per heavy atom.